The van der Waals surface area contributed by atoms with E-state index in [1.165, 1.54) is 23.4 Å². The second-order valence-corrected chi connectivity index (χ2v) is 7.38. The molecule has 1 amide bonds. The van der Waals surface area contributed by atoms with Gasteiger partial charge in [-0.25, -0.2) is 9.78 Å². The lowest BCUT2D eigenvalue weighted by atomic mass is 9.96. The molecule has 0 fully saturated rings. The lowest BCUT2D eigenvalue weighted by Crippen LogP contribution is -2.36. The number of nitrogens with one attached hydrogen (secondary N) is 2. The van der Waals surface area contributed by atoms with E-state index in [9.17, 15) is 14.4 Å². The smallest absolute Gasteiger partial charge is 0.332 e. The van der Waals surface area contributed by atoms with E-state index in [1.807, 2.05) is 20.8 Å². The van der Waals surface area contributed by atoms with Crippen LogP contribution in [0.2, 0.25) is 0 Å². The predicted octanol–water partition coefficient (Wildman–Crippen LogP) is 0.215. The molecule has 0 saturated carbocycles. The number of H-pyrrole nitrogens is 1. The molecule has 8 nitrogen and oxygen atoms in total. The van der Waals surface area contributed by atoms with Gasteiger partial charge in [0.1, 0.15) is 0 Å². The molecule has 2 rings (SSSR count). The normalized spacial score (nSPS) is 11.9. The zero-order valence-electron chi connectivity index (χ0n) is 13.9. The first-order valence-corrected chi connectivity index (χ1v) is 8.18. The summed E-state index contributed by atoms with van der Waals surface area (Å²) in [6.07, 6.45) is 0. The molecule has 2 aromatic heterocycles. The predicted molar refractivity (Wildman–Crippen MR) is 89.8 cm³/mol. The number of hydrogen-bond acceptors (Lipinski definition) is 5. The van der Waals surface area contributed by atoms with Gasteiger partial charge in [0.05, 0.1) is 0 Å². The van der Waals surface area contributed by atoms with Crippen LogP contribution in [0.3, 0.4) is 0 Å². The monoisotopic (exact) mass is 339 g/mol. The first kappa shape index (κ1) is 17.3. The molecule has 2 N–H and O–H groups in total. The van der Waals surface area contributed by atoms with Crippen LogP contribution >= 0.6 is 11.8 Å². The molecule has 9 heteroatoms. The van der Waals surface area contributed by atoms with Crippen LogP contribution in [-0.2, 0) is 18.9 Å². The van der Waals surface area contributed by atoms with Gasteiger partial charge in [-0.3, -0.25) is 18.7 Å². The minimum absolute atomic E-state index is 0.0148. The molecule has 0 unspecified atom stereocenters. The number of imidazole rings is 1. The summed E-state index contributed by atoms with van der Waals surface area (Å²) in [5, 5.41) is 3.39. The Bertz CT molecular complexity index is 856. The van der Waals surface area contributed by atoms with Crippen LogP contribution in [0.15, 0.2) is 14.7 Å². The van der Waals surface area contributed by atoms with E-state index in [4.69, 9.17) is 0 Å². The minimum Gasteiger partial charge on any atom is -0.355 e. The molecular formula is C14H21N5O3S. The Morgan fingerprint density at radius 1 is 1.26 bits per heavy atom. The Morgan fingerprint density at radius 3 is 2.52 bits per heavy atom. The summed E-state index contributed by atoms with van der Waals surface area (Å²) < 4.78 is 2.37. The fourth-order valence-corrected chi connectivity index (χ4v) is 2.67. The van der Waals surface area contributed by atoms with Crippen molar-refractivity contribution < 1.29 is 4.79 Å². The van der Waals surface area contributed by atoms with E-state index < -0.39 is 16.7 Å². The minimum atomic E-state index is -0.422. The van der Waals surface area contributed by atoms with Crippen molar-refractivity contribution in [3.05, 3.63) is 20.8 Å². The summed E-state index contributed by atoms with van der Waals surface area (Å²) in [6, 6.07) is 0. The van der Waals surface area contributed by atoms with Crippen molar-refractivity contribution in [2.24, 2.45) is 19.5 Å². The van der Waals surface area contributed by atoms with E-state index in [2.05, 4.69) is 15.3 Å². The number of carbonyl (C=O) groups excluding carboxylic acids is 1. The van der Waals surface area contributed by atoms with Gasteiger partial charge in [-0.2, -0.15) is 0 Å². The molecule has 0 aliphatic heterocycles. The maximum Gasteiger partial charge on any atom is 0.332 e. The van der Waals surface area contributed by atoms with Crippen molar-refractivity contribution >= 4 is 28.8 Å². The highest BCUT2D eigenvalue weighted by molar-refractivity contribution is 7.99. The van der Waals surface area contributed by atoms with Crippen LogP contribution < -0.4 is 16.6 Å². The van der Waals surface area contributed by atoms with Gasteiger partial charge in [0.25, 0.3) is 5.56 Å². The lowest BCUT2D eigenvalue weighted by molar-refractivity contribution is -0.128. The molecule has 0 radical (unpaired) electrons. The lowest BCUT2D eigenvalue weighted by Gasteiger charge is -2.17. The average Bonchev–Trinajstić information content (AvgIpc) is 2.90. The summed E-state index contributed by atoms with van der Waals surface area (Å²) >= 11 is 1.38. The van der Waals surface area contributed by atoms with Gasteiger partial charge in [0.2, 0.25) is 5.91 Å². The van der Waals surface area contributed by atoms with Gasteiger partial charge in [-0.1, -0.05) is 32.5 Å². The standard InChI is InChI=1S/C14H21N5O3S/c1-14(2,3)11(21)15-6-7-23-12-16-8-9(17-12)18(4)13(22)19(5)10(8)20/h6-7H2,1-5H3,(H,15,21)(H,16,17). The third-order valence-corrected chi connectivity index (χ3v) is 4.26. The van der Waals surface area contributed by atoms with E-state index in [-0.39, 0.29) is 5.91 Å². The highest BCUT2D eigenvalue weighted by atomic mass is 32.2. The highest BCUT2D eigenvalue weighted by Crippen LogP contribution is 2.16. The number of nitrogens with zero attached hydrogens (tertiary/aromatic N) is 3. The van der Waals surface area contributed by atoms with E-state index in [1.54, 1.807) is 7.05 Å². The Labute approximate surface area is 137 Å². The van der Waals surface area contributed by atoms with Crippen LogP contribution in [0, 0.1) is 5.41 Å². The SMILES string of the molecule is Cn1c(=O)c2[nH]c(SCCNC(=O)C(C)(C)C)nc2n(C)c1=O. The third kappa shape index (κ3) is 3.49. The van der Waals surface area contributed by atoms with Gasteiger partial charge in [0, 0.05) is 31.8 Å². The molecule has 23 heavy (non-hydrogen) atoms. The third-order valence-electron chi connectivity index (χ3n) is 3.38. The Kier molecular flexibility index (Phi) is 4.69. The van der Waals surface area contributed by atoms with Crippen LogP contribution in [0.4, 0.5) is 0 Å². The molecule has 0 bridgehead atoms. The van der Waals surface area contributed by atoms with Gasteiger partial charge < -0.3 is 10.3 Å². The largest absolute Gasteiger partial charge is 0.355 e. The first-order valence-electron chi connectivity index (χ1n) is 7.19. The summed E-state index contributed by atoms with van der Waals surface area (Å²) in [6.45, 7) is 6.05. The zero-order valence-corrected chi connectivity index (χ0v) is 14.7. The number of carbonyl (C=O) groups is 1. The van der Waals surface area contributed by atoms with Gasteiger partial charge in [0.15, 0.2) is 16.3 Å². The number of rotatable bonds is 4. The molecule has 0 aliphatic rings. The number of fused-ring (bicyclic) bond motifs is 1. The topological polar surface area (TPSA) is 102 Å². The van der Waals surface area contributed by atoms with Gasteiger partial charge >= 0.3 is 5.69 Å². The van der Waals surface area contributed by atoms with Crippen molar-refractivity contribution in [2.75, 3.05) is 12.3 Å². The van der Waals surface area contributed by atoms with Crippen LogP contribution in [0.25, 0.3) is 11.2 Å². The summed E-state index contributed by atoms with van der Waals surface area (Å²) in [5.74, 6) is 0.592. The summed E-state index contributed by atoms with van der Waals surface area (Å²) in [7, 11) is 3.00. The molecule has 0 aliphatic carbocycles. The number of aromatic amines is 1. The Hall–Kier alpha value is -2.03. The fraction of sp³-hybridized carbons (Fsp3) is 0.571. The van der Waals surface area contributed by atoms with Gasteiger partial charge in [-0.15, -0.1) is 0 Å². The van der Waals surface area contributed by atoms with Crippen LogP contribution in [0.5, 0.6) is 0 Å². The van der Waals surface area contributed by atoms with Crippen LogP contribution in [-0.4, -0.2) is 37.3 Å². The number of hydrogen-bond donors (Lipinski definition) is 2. The highest BCUT2D eigenvalue weighted by Gasteiger charge is 2.20. The van der Waals surface area contributed by atoms with E-state index in [0.717, 1.165) is 4.57 Å². The number of thioether (sulfide) groups is 1. The number of aromatic nitrogens is 4. The molecule has 0 atom stereocenters. The van der Waals surface area contributed by atoms with Crippen LogP contribution in [0.1, 0.15) is 20.8 Å². The second-order valence-electron chi connectivity index (χ2n) is 6.30. The molecule has 0 saturated heterocycles. The first-order chi connectivity index (χ1) is 10.6. The van der Waals surface area contributed by atoms with E-state index >= 15 is 0 Å². The molecule has 2 aromatic rings. The van der Waals surface area contributed by atoms with Crippen molar-refractivity contribution in [3.8, 4) is 0 Å². The van der Waals surface area contributed by atoms with E-state index in [0.29, 0.717) is 28.6 Å². The molecule has 0 aromatic carbocycles. The second kappa shape index (κ2) is 6.23. The number of amides is 1. The van der Waals surface area contributed by atoms with Gasteiger partial charge in [-0.05, 0) is 0 Å². The molecule has 126 valence electrons. The fourth-order valence-electron chi connectivity index (χ4n) is 1.95. The maximum atomic E-state index is 12.1. The summed E-state index contributed by atoms with van der Waals surface area (Å²) in [4.78, 5) is 42.9. The molecular weight excluding hydrogens is 318 g/mol. The quantitative estimate of drug-likeness (QED) is 0.613. The maximum absolute atomic E-state index is 12.1. The van der Waals surface area contributed by atoms with Crippen molar-refractivity contribution in [1.29, 1.82) is 0 Å². The molecule has 0 spiro atoms. The average molecular weight is 339 g/mol. The Morgan fingerprint density at radius 2 is 1.91 bits per heavy atom. The zero-order chi connectivity index (χ0) is 17.4. The molecule has 2 heterocycles. The van der Waals surface area contributed by atoms with Crippen molar-refractivity contribution in [1.82, 2.24) is 24.4 Å². The summed E-state index contributed by atoms with van der Waals surface area (Å²) in [5.41, 5.74) is -0.601. The number of aryl methyl sites for hydroxylation is 1. The Balaban J connectivity index is 2.10. The van der Waals surface area contributed by atoms with Crippen molar-refractivity contribution in [3.63, 3.8) is 0 Å². The van der Waals surface area contributed by atoms with Crippen molar-refractivity contribution in [2.45, 2.75) is 25.9 Å².